The zero-order valence-electron chi connectivity index (χ0n) is 25.9. The molecule has 5 rings (SSSR count). The number of hydrogen-bond acceptors (Lipinski definition) is 6. The number of nitrogens with one attached hydrogen (secondary N) is 2. The molecule has 3 amide bonds. The van der Waals surface area contributed by atoms with Crippen LogP contribution in [0.5, 0.6) is 0 Å². The summed E-state index contributed by atoms with van der Waals surface area (Å²) in [5.74, 6) is -1.62. The number of pyridine rings is 1. The number of carbonyl (C=O) groups excluding carboxylic acids is 2. The average Bonchev–Trinajstić information content (AvgIpc) is 3.00. The molecule has 14 heteroatoms. The van der Waals surface area contributed by atoms with Crippen molar-refractivity contribution in [3.63, 3.8) is 0 Å². The van der Waals surface area contributed by atoms with Crippen LogP contribution in [-0.2, 0) is 6.18 Å². The number of alkyl halides is 3. The van der Waals surface area contributed by atoms with Crippen molar-refractivity contribution in [2.45, 2.75) is 38.5 Å². The van der Waals surface area contributed by atoms with E-state index in [1.54, 1.807) is 11.0 Å². The van der Waals surface area contributed by atoms with Crippen LogP contribution in [0.1, 0.15) is 41.8 Å². The van der Waals surface area contributed by atoms with Gasteiger partial charge in [-0.1, -0.05) is 6.08 Å². The van der Waals surface area contributed by atoms with E-state index in [9.17, 15) is 27.6 Å². The van der Waals surface area contributed by atoms with Gasteiger partial charge < -0.3 is 29.9 Å². The van der Waals surface area contributed by atoms with E-state index in [2.05, 4.69) is 20.1 Å². The lowest BCUT2D eigenvalue weighted by atomic mass is 9.97. The molecule has 1 aromatic carbocycles. The normalized spacial score (nSPS) is 22.0. The van der Waals surface area contributed by atoms with E-state index in [0.29, 0.717) is 56.5 Å². The molecular formula is C31H39F4N7O3. The fraction of sp³-hybridized carbons (Fsp3) is 0.516. The Kier molecular flexibility index (Phi) is 9.26. The summed E-state index contributed by atoms with van der Waals surface area (Å²) >= 11 is 0. The predicted octanol–water partition coefficient (Wildman–Crippen LogP) is 3.77. The first kappa shape index (κ1) is 32.5. The summed E-state index contributed by atoms with van der Waals surface area (Å²) in [6.45, 7) is 8.55. The SMILES string of the molecule is CC1CN(c2cc(F)c(C3=CCN(C(=O)N4CCN(C)CC4)CC3)cc2NC(=O)c2c[nH]c(=O)cc2C(F)(F)F)CC(C)N1C. The van der Waals surface area contributed by atoms with E-state index < -0.39 is 34.6 Å². The minimum absolute atomic E-state index is 0.0677. The van der Waals surface area contributed by atoms with Crippen LogP contribution in [0.4, 0.5) is 33.7 Å². The van der Waals surface area contributed by atoms with Crippen molar-refractivity contribution in [1.29, 1.82) is 0 Å². The highest BCUT2D eigenvalue weighted by Gasteiger charge is 2.37. The third-order valence-electron chi connectivity index (χ3n) is 9.11. The lowest BCUT2D eigenvalue weighted by molar-refractivity contribution is -0.138. The summed E-state index contributed by atoms with van der Waals surface area (Å²) in [5.41, 5.74) is -1.78. The number of anilines is 2. The van der Waals surface area contributed by atoms with Gasteiger partial charge in [0.25, 0.3) is 5.91 Å². The third kappa shape index (κ3) is 7.01. The Morgan fingerprint density at radius 2 is 1.62 bits per heavy atom. The summed E-state index contributed by atoms with van der Waals surface area (Å²) in [7, 11) is 4.00. The Balaban J connectivity index is 1.47. The number of carbonyl (C=O) groups is 2. The average molecular weight is 634 g/mol. The highest BCUT2D eigenvalue weighted by Crippen LogP contribution is 2.37. The number of urea groups is 1. The van der Waals surface area contributed by atoms with E-state index in [0.717, 1.165) is 19.3 Å². The summed E-state index contributed by atoms with van der Waals surface area (Å²) in [4.78, 5) is 50.0. The van der Waals surface area contributed by atoms with Crippen LogP contribution in [-0.4, -0.2) is 115 Å². The largest absolute Gasteiger partial charge is 0.417 e. The molecule has 45 heavy (non-hydrogen) atoms. The van der Waals surface area contributed by atoms with Crippen LogP contribution in [0.2, 0.25) is 0 Å². The summed E-state index contributed by atoms with van der Waals surface area (Å²) in [6, 6.07) is 3.22. The quantitative estimate of drug-likeness (QED) is 0.498. The molecule has 2 aromatic rings. The van der Waals surface area contributed by atoms with Crippen molar-refractivity contribution < 1.29 is 27.2 Å². The first-order valence-corrected chi connectivity index (χ1v) is 15.1. The molecule has 0 radical (unpaired) electrons. The van der Waals surface area contributed by atoms with Gasteiger partial charge in [0, 0.05) is 82.3 Å². The number of halogens is 4. The van der Waals surface area contributed by atoms with E-state index in [1.165, 1.54) is 12.1 Å². The highest BCUT2D eigenvalue weighted by atomic mass is 19.4. The van der Waals surface area contributed by atoms with Gasteiger partial charge >= 0.3 is 12.2 Å². The van der Waals surface area contributed by atoms with E-state index >= 15 is 4.39 Å². The van der Waals surface area contributed by atoms with Gasteiger partial charge in [-0.15, -0.1) is 0 Å². The third-order valence-corrected chi connectivity index (χ3v) is 9.11. The molecule has 3 aliphatic heterocycles. The van der Waals surface area contributed by atoms with Crippen molar-refractivity contribution in [3.8, 4) is 0 Å². The minimum Gasteiger partial charge on any atom is -0.367 e. The Labute approximate surface area is 259 Å². The van der Waals surface area contributed by atoms with Gasteiger partial charge in [0.15, 0.2) is 0 Å². The number of benzene rings is 1. The molecule has 0 aliphatic carbocycles. The number of rotatable bonds is 4. The van der Waals surface area contributed by atoms with E-state index in [-0.39, 0.29) is 35.9 Å². The van der Waals surface area contributed by atoms with Crippen LogP contribution >= 0.6 is 0 Å². The molecule has 0 saturated carbocycles. The summed E-state index contributed by atoms with van der Waals surface area (Å²) in [6.07, 6.45) is -2.06. The molecule has 2 atom stereocenters. The minimum atomic E-state index is -4.94. The molecule has 10 nitrogen and oxygen atoms in total. The number of piperazine rings is 2. The lowest BCUT2D eigenvalue weighted by Crippen LogP contribution is -2.55. The van der Waals surface area contributed by atoms with Crippen molar-refractivity contribution >= 4 is 28.9 Å². The number of hydrogen-bond donors (Lipinski definition) is 2. The van der Waals surface area contributed by atoms with Crippen LogP contribution in [0, 0.1) is 5.82 Å². The second-order valence-corrected chi connectivity index (χ2v) is 12.2. The van der Waals surface area contributed by atoms with Gasteiger partial charge in [-0.25, -0.2) is 9.18 Å². The van der Waals surface area contributed by atoms with Gasteiger partial charge in [-0.2, -0.15) is 13.2 Å². The molecule has 4 heterocycles. The second-order valence-electron chi connectivity index (χ2n) is 12.2. The number of likely N-dealkylation sites (N-methyl/N-ethyl adjacent to an activating group) is 2. The molecule has 2 N–H and O–H groups in total. The van der Waals surface area contributed by atoms with E-state index in [4.69, 9.17) is 0 Å². The van der Waals surface area contributed by atoms with Gasteiger partial charge in [0.2, 0.25) is 5.56 Å². The molecule has 2 unspecified atom stereocenters. The Hall–Kier alpha value is -3.91. The van der Waals surface area contributed by atoms with Gasteiger partial charge in [-0.3, -0.25) is 14.5 Å². The maximum absolute atomic E-state index is 15.9. The van der Waals surface area contributed by atoms with Crippen molar-refractivity contribution in [1.82, 2.24) is 24.6 Å². The zero-order chi connectivity index (χ0) is 32.6. The maximum atomic E-state index is 15.9. The monoisotopic (exact) mass is 633 g/mol. The number of aromatic amines is 1. The van der Waals surface area contributed by atoms with Gasteiger partial charge in [0.1, 0.15) is 5.82 Å². The first-order valence-electron chi connectivity index (χ1n) is 15.1. The molecule has 244 valence electrons. The zero-order valence-corrected chi connectivity index (χ0v) is 25.9. The van der Waals surface area contributed by atoms with Crippen LogP contribution in [0.3, 0.4) is 0 Å². The molecule has 0 bridgehead atoms. The van der Waals surface area contributed by atoms with Crippen LogP contribution in [0.25, 0.3) is 5.57 Å². The molecule has 1 aromatic heterocycles. The smallest absolute Gasteiger partial charge is 0.367 e. The van der Waals surface area contributed by atoms with Crippen LogP contribution < -0.4 is 15.8 Å². The summed E-state index contributed by atoms with van der Waals surface area (Å²) < 4.78 is 57.2. The fourth-order valence-corrected chi connectivity index (χ4v) is 6.14. The molecule has 2 saturated heterocycles. The maximum Gasteiger partial charge on any atom is 0.417 e. The van der Waals surface area contributed by atoms with Gasteiger partial charge in [-0.05, 0) is 52.1 Å². The number of nitrogens with zero attached hydrogens (tertiary/aromatic N) is 5. The Morgan fingerprint density at radius 3 is 2.22 bits per heavy atom. The molecule has 3 aliphatic rings. The highest BCUT2D eigenvalue weighted by molar-refractivity contribution is 6.07. The van der Waals surface area contributed by atoms with E-state index in [1.807, 2.05) is 37.7 Å². The lowest BCUT2D eigenvalue weighted by Gasteiger charge is -2.44. The number of H-pyrrole nitrogens is 1. The van der Waals surface area contributed by atoms with Crippen molar-refractivity contribution in [3.05, 3.63) is 63.3 Å². The van der Waals surface area contributed by atoms with Crippen molar-refractivity contribution in [2.75, 3.05) is 76.7 Å². The molecular weight excluding hydrogens is 594 g/mol. The number of aromatic nitrogens is 1. The standard InChI is InChI=1S/C31H39F4N7O3/c1-19-17-42(18-20(2)39(19)4)27-15-25(32)22(21-5-7-40(8-6-21)30(45)41-11-9-38(3)10-12-41)13-26(27)37-29(44)23-16-36-28(43)14-24(23)31(33,34)35/h5,13-16,19-20H,6-12,17-18H2,1-4H3,(H,36,43)(H,37,44). The Bertz CT molecular complexity index is 1520. The van der Waals surface area contributed by atoms with Crippen LogP contribution in [0.15, 0.2) is 35.3 Å². The Morgan fingerprint density at radius 1 is 0.956 bits per heavy atom. The fourth-order valence-electron chi connectivity index (χ4n) is 6.14. The first-order chi connectivity index (χ1) is 21.2. The second kappa shape index (κ2) is 12.8. The number of amides is 3. The summed E-state index contributed by atoms with van der Waals surface area (Å²) in [5, 5.41) is 2.59. The predicted molar refractivity (Wildman–Crippen MR) is 164 cm³/mol. The molecule has 2 fully saturated rings. The van der Waals surface area contributed by atoms with Gasteiger partial charge in [0.05, 0.1) is 22.5 Å². The van der Waals surface area contributed by atoms with Crippen molar-refractivity contribution in [2.24, 2.45) is 0 Å². The molecule has 0 spiro atoms. The topological polar surface area (TPSA) is 95.2 Å².